The highest BCUT2D eigenvalue weighted by Crippen LogP contribution is 2.31. The van der Waals surface area contributed by atoms with Crippen molar-refractivity contribution < 1.29 is 19.5 Å². The standard InChI is InChI=1S/C19H26O4/c1-3-4-5-9-12-17(21)19(15-10-7-6-8-11-15)16(14(2)20)13-18(22)23/h6-8,10-11,16,19H,3-5,9,12-13H2,1-2H3,(H,22,23). The molecule has 0 saturated carbocycles. The van der Waals surface area contributed by atoms with Gasteiger partial charge in [-0.2, -0.15) is 0 Å². The summed E-state index contributed by atoms with van der Waals surface area (Å²) in [6.45, 7) is 3.47. The highest BCUT2D eigenvalue weighted by Gasteiger charge is 2.33. The first-order valence-corrected chi connectivity index (χ1v) is 8.27. The van der Waals surface area contributed by atoms with E-state index in [4.69, 9.17) is 5.11 Å². The van der Waals surface area contributed by atoms with Crippen LogP contribution in [0.1, 0.15) is 63.9 Å². The lowest BCUT2D eigenvalue weighted by atomic mass is 9.77. The van der Waals surface area contributed by atoms with Crippen LogP contribution >= 0.6 is 0 Å². The van der Waals surface area contributed by atoms with E-state index in [1.165, 1.54) is 6.92 Å². The van der Waals surface area contributed by atoms with Crippen molar-refractivity contribution in [1.82, 2.24) is 0 Å². The van der Waals surface area contributed by atoms with E-state index in [1.54, 1.807) is 12.1 Å². The lowest BCUT2D eigenvalue weighted by Gasteiger charge is -2.23. The Morgan fingerprint density at radius 3 is 2.22 bits per heavy atom. The van der Waals surface area contributed by atoms with E-state index in [0.29, 0.717) is 6.42 Å². The average Bonchev–Trinajstić information content (AvgIpc) is 2.51. The normalized spacial score (nSPS) is 13.3. The molecule has 4 heteroatoms. The fourth-order valence-electron chi connectivity index (χ4n) is 2.87. The first-order chi connectivity index (χ1) is 11.0. The smallest absolute Gasteiger partial charge is 0.304 e. The van der Waals surface area contributed by atoms with Gasteiger partial charge in [-0.15, -0.1) is 0 Å². The summed E-state index contributed by atoms with van der Waals surface area (Å²) in [6.07, 6.45) is 4.01. The van der Waals surface area contributed by atoms with Crippen LogP contribution in [0.5, 0.6) is 0 Å². The molecule has 0 heterocycles. The molecule has 126 valence electrons. The molecule has 0 saturated heterocycles. The number of carboxylic acids is 1. The number of rotatable bonds is 11. The first-order valence-electron chi connectivity index (χ1n) is 8.27. The summed E-state index contributed by atoms with van der Waals surface area (Å²) in [5.41, 5.74) is 0.731. The maximum Gasteiger partial charge on any atom is 0.304 e. The second-order valence-electron chi connectivity index (χ2n) is 5.98. The zero-order chi connectivity index (χ0) is 17.2. The lowest BCUT2D eigenvalue weighted by Crippen LogP contribution is -2.29. The zero-order valence-electron chi connectivity index (χ0n) is 14.0. The molecule has 4 nitrogen and oxygen atoms in total. The number of carboxylic acid groups (broad SMARTS) is 1. The van der Waals surface area contributed by atoms with Crippen LogP contribution in [-0.2, 0) is 14.4 Å². The van der Waals surface area contributed by atoms with Crippen LogP contribution in [0, 0.1) is 5.92 Å². The van der Waals surface area contributed by atoms with Gasteiger partial charge >= 0.3 is 5.97 Å². The quantitative estimate of drug-likeness (QED) is 0.626. The van der Waals surface area contributed by atoms with Gasteiger partial charge in [0, 0.05) is 12.3 Å². The van der Waals surface area contributed by atoms with Crippen molar-refractivity contribution in [3.05, 3.63) is 35.9 Å². The highest BCUT2D eigenvalue weighted by molar-refractivity contribution is 5.94. The van der Waals surface area contributed by atoms with Crippen LogP contribution in [0.25, 0.3) is 0 Å². The Balaban J connectivity index is 2.98. The Hall–Kier alpha value is -1.97. The van der Waals surface area contributed by atoms with Crippen LogP contribution in [0.15, 0.2) is 30.3 Å². The fraction of sp³-hybridized carbons (Fsp3) is 0.526. The van der Waals surface area contributed by atoms with Gasteiger partial charge in [0.15, 0.2) is 0 Å². The van der Waals surface area contributed by atoms with E-state index in [-0.39, 0.29) is 18.0 Å². The van der Waals surface area contributed by atoms with Crippen LogP contribution < -0.4 is 0 Å². The van der Waals surface area contributed by atoms with E-state index < -0.39 is 17.8 Å². The maximum absolute atomic E-state index is 12.7. The minimum Gasteiger partial charge on any atom is -0.481 e. The molecule has 1 aromatic carbocycles. The van der Waals surface area contributed by atoms with Gasteiger partial charge in [-0.05, 0) is 18.9 Å². The summed E-state index contributed by atoms with van der Waals surface area (Å²) in [7, 11) is 0. The molecule has 1 N–H and O–H groups in total. The van der Waals surface area contributed by atoms with Crippen molar-refractivity contribution in [2.45, 2.75) is 58.3 Å². The fourth-order valence-corrected chi connectivity index (χ4v) is 2.87. The molecule has 0 aromatic heterocycles. The van der Waals surface area contributed by atoms with Gasteiger partial charge in [-0.25, -0.2) is 0 Å². The molecular weight excluding hydrogens is 292 g/mol. The number of carbonyl (C=O) groups is 3. The van der Waals surface area contributed by atoms with Crippen molar-refractivity contribution in [1.29, 1.82) is 0 Å². The van der Waals surface area contributed by atoms with Gasteiger partial charge in [0.25, 0.3) is 0 Å². The van der Waals surface area contributed by atoms with Crippen molar-refractivity contribution in [2.24, 2.45) is 5.92 Å². The van der Waals surface area contributed by atoms with Crippen molar-refractivity contribution in [3.63, 3.8) is 0 Å². The average molecular weight is 318 g/mol. The Labute approximate surface area is 137 Å². The summed E-state index contributed by atoms with van der Waals surface area (Å²) in [6, 6.07) is 9.06. The number of hydrogen-bond acceptors (Lipinski definition) is 3. The number of unbranched alkanes of at least 4 members (excludes halogenated alkanes) is 3. The molecule has 0 amide bonds. The summed E-state index contributed by atoms with van der Waals surface area (Å²) in [4.78, 5) is 35.8. The van der Waals surface area contributed by atoms with Gasteiger partial charge in [-0.1, -0.05) is 56.5 Å². The third-order valence-corrected chi connectivity index (χ3v) is 4.10. The van der Waals surface area contributed by atoms with Crippen LogP contribution in [0.3, 0.4) is 0 Å². The zero-order valence-corrected chi connectivity index (χ0v) is 14.0. The second-order valence-corrected chi connectivity index (χ2v) is 5.98. The Kier molecular flexibility index (Phi) is 8.23. The number of aliphatic carboxylic acids is 1. The summed E-state index contributed by atoms with van der Waals surface area (Å²) in [5, 5.41) is 9.09. The monoisotopic (exact) mass is 318 g/mol. The van der Waals surface area contributed by atoms with E-state index >= 15 is 0 Å². The van der Waals surface area contributed by atoms with Crippen molar-refractivity contribution in [2.75, 3.05) is 0 Å². The topological polar surface area (TPSA) is 71.4 Å². The van der Waals surface area contributed by atoms with Gasteiger partial charge in [0.05, 0.1) is 12.3 Å². The Bertz CT molecular complexity index is 521. The third-order valence-electron chi connectivity index (χ3n) is 4.10. The van der Waals surface area contributed by atoms with E-state index in [2.05, 4.69) is 6.92 Å². The van der Waals surface area contributed by atoms with E-state index in [9.17, 15) is 14.4 Å². The molecule has 23 heavy (non-hydrogen) atoms. The number of Topliss-reactive ketones (excluding diaryl/α,β-unsaturated/α-hetero) is 2. The first kappa shape index (κ1) is 19.1. The molecule has 1 aromatic rings. The number of hydrogen-bond donors (Lipinski definition) is 1. The minimum absolute atomic E-state index is 0.0336. The summed E-state index contributed by atoms with van der Waals surface area (Å²) >= 11 is 0. The number of carbonyl (C=O) groups excluding carboxylic acids is 2. The van der Waals surface area contributed by atoms with Gasteiger partial charge < -0.3 is 5.11 Å². The predicted molar refractivity (Wildman–Crippen MR) is 89.4 cm³/mol. The predicted octanol–water partition coefficient (Wildman–Crippen LogP) is 3.99. The molecule has 0 radical (unpaired) electrons. The third kappa shape index (κ3) is 6.35. The number of benzene rings is 1. The molecule has 0 bridgehead atoms. The van der Waals surface area contributed by atoms with Crippen LogP contribution in [0.2, 0.25) is 0 Å². The van der Waals surface area contributed by atoms with Crippen molar-refractivity contribution >= 4 is 17.5 Å². The lowest BCUT2D eigenvalue weighted by molar-refractivity contribution is -0.141. The van der Waals surface area contributed by atoms with Gasteiger partial charge in [0.2, 0.25) is 0 Å². The molecular formula is C19H26O4. The van der Waals surface area contributed by atoms with E-state index in [1.807, 2.05) is 18.2 Å². The highest BCUT2D eigenvalue weighted by atomic mass is 16.4. The Morgan fingerprint density at radius 1 is 1.04 bits per heavy atom. The van der Waals surface area contributed by atoms with Crippen LogP contribution in [-0.4, -0.2) is 22.6 Å². The summed E-state index contributed by atoms with van der Waals surface area (Å²) in [5.74, 6) is -2.79. The molecule has 0 aliphatic carbocycles. The largest absolute Gasteiger partial charge is 0.481 e. The van der Waals surface area contributed by atoms with Gasteiger partial charge in [-0.3, -0.25) is 14.4 Å². The van der Waals surface area contributed by atoms with Crippen molar-refractivity contribution in [3.8, 4) is 0 Å². The summed E-state index contributed by atoms with van der Waals surface area (Å²) < 4.78 is 0. The molecule has 2 atom stereocenters. The molecule has 0 aliphatic rings. The molecule has 2 unspecified atom stereocenters. The molecule has 0 aliphatic heterocycles. The molecule has 0 fully saturated rings. The number of ketones is 2. The van der Waals surface area contributed by atoms with Crippen LogP contribution in [0.4, 0.5) is 0 Å². The van der Waals surface area contributed by atoms with Gasteiger partial charge in [0.1, 0.15) is 11.6 Å². The molecule has 0 spiro atoms. The molecule has 1 rings (SSSR count). The second kappa shape index (κ2) is 9.93. The minimum atomic E-state index is -1.05. The Morgan fingerprint density at radius 2 is 1.70 bits per heavy atom. The van der Waals surface area contributed by atoms with E-state index in [0.717, 1.165) is 31.2 Å². The SMILES string of the molecule is CCCCCCC(=O)C(c1ccccc1)C(CC(=O)O)C(C)=O. The maximum atomic E-state index is 12.7.